The van der Waals surface area contributed by atoms with E-state index in [1.165, 1.54) is 12.7 Å². The van der Waals surface area contributed by atoms with Gasteiger partial charge in [-0.25, -0.2) is 9.78 Å². The lowest BCUT2D eigenvalue weighted by Gasteiger charge is -2.26. The maximum absolute atomic E-state index is 11.6. The number of methoxy groups -OCH3 is 1. The molecule has 0 bridgehead atoms. The molecule has 0 saturated carbocycles. The predicted molar refractivity (Wildman–Crippen MR) is 136 cm³/mol. The smallest absolute Gasteiger partial charge is 0.412 e. The fraction of sp³-hybridized carbons (Fsp3) is 0.269. The van der Waals surface area contributed by atoms with Gasteiger partial charge in [0, 0.05) is 36.8 Å². The summed E-state index contributed by atoms with van der Waals surface area (Å²) in [5.41, 5.74) is 12.2. The molecule has 1 aliphatic heterocycles. The summed E-state index contributed by atoms with van der Waals surface area (Å²) < 4.78 is 10.1. The average Bonchev–Trinajstić information content (AvgIpc) is 3.28. The van der Waals surface area contributed by atoms with Gasteiger partial charge in [-0.3, -0.25) is 15.3 Å². The van der Waals surface area contributed by atoms with Gasteiger partial charge in [0.1, 0.15) is 5.82 Å². The van der Waals surface area contributed by atoms with E-state index in [2.05, 4.69) is 60.5 Å². The van der Waals surface area contributed by atoms with Crippen molar-refractivity contribution in [3.8, 4) is 22.3 Å². The van der Waals surface area contributed by atoms with Crippen LogP contribution in [0.25, 0.3) is 33.2 Å². The third-order valence-electron chi connectivity index (χ3n) is 6.30. The number of H-pyrrole nitrogens is 1. The van der Waals surface area contributed by atoms with Gasteiger partial charge < -0.3 is 15.2 Å². The lowest BCUT2D eigenvalue weighted by molar-refractivity contribution is 0.0384. The summed E-state index contributed by atoms with van der Waals surface area (Å²) in [7, 11) is 1.31. The first kappa shape index (κ1) is 22.8. The van der Waals surface area contributed by atoms with Crippen LogP contribution in [0.1, 0.15) is 5.56 Å². The number of rotatable bonds is 6. The molecule has 9 heteroatoms. The monoisotopic (exact) mass is 472 g/mol. The number of pyridine rings is 1. The van der Waals surface area contributed by atoms with E-state index in [9.17, 15) is 4.79 Å². The highest BCUT2D eigenvalue weighted by Gasteiger charge is 2.14. The molecule has 0 aliphatic carbocycles. The molecule has 3 heterocycles. The Morgan fingerprint density at radius 1 is 1.11 bits per heavy atom. The number of fused-ring (bicyclic) bond motifs is 1. The van der Waals surface area contributed by atoms with Gasteiger partial charge >= 0.3 is 6.09 Å². The third-order valence-corrected chi connectivity index (χ3v) is 6.30. The number of aromatic amines is 1. The maximum atomic E-state index is 11.6. The number of benzene rings is 2. The van der Waals surface area contributed by atoms with Crippen LogP contribution in [0.15, 0.2) is 54.7 Å². The van der Waals surface area contributed by atoms with E-state index in [0.29, 0.717) is 11.6 Å². The molecule has 0 unspecified atom stereocenters. The van der Waals surface area contributed by atoms with Gasteiger partial charge in [-0.1, -0.05) is 24.3 Å². The second kappa shape index (κ2) is 10.1. The summed E-state index contributed by atoms with van der Waals surface area (Å²) in [4.78, 5) is 18.2. The zero-order valence-electron chi connectivity index (χ0n) is 19.6. The minimum Gasteiger partial charge on any atom is -0.453 e. The molecule has 1 fully saturated rings. The zero-order chi connectivity index (χ0) is 24.2. The van der Waals surface area contributed by atoms with E-state index in [1.54, 1.807) is 12.3 Å². The predicted octanol–water partition coefficient (Wildman–Crippen LogP) is 3.93. The Kier molecular flexibility index (Phi) is 6.60. The first-order chi connectivity index (χ1) is 17.1. The van der Waals surface area contributed by atoms with Crippen LogP contribution in [0.2, 0.25) is 0 Å². The Morgan fingerprint density at radius 2 is 1.91 bits per heavy atom. The highest BCUT2D eigenvalue weighted by molar-refractivity contribution is 6.02. The van der Waals surface area contributed by atoms with Crippen molar-refractivity contribution in [3.05, 3.63) is 60.3 Å². The molecule has 4 aromatic rings. The van der Waals surface area contributed by atoms with Crippen LogP contribution in [0.3, 0.4) is 0 Å². The van der Waals surface area contributed by atoms with E-state index in [0.717, 1.165) is 72.4 Å². The largest absolute Gasteiger partial charge is 0.453 e. The molecule has 9 nitrogen and oxygen atoms in total. The van der Waals surface area contributed by atoms with Crippen molar-refractivity contribution in [2.24, 2.45) is 0 Å². The molecule has 1 aliphatic rings. The van der Waals surface area contributed by atoms with Crippen LogP contribution < -0.4 is 11.1 Å². The van der Waals surface area contributed by atoms with E-state index >= 15 is 0 Å². The molecule has 4 N–H and O–H groups in total. The van der Waals surface area contributed by atoms with Gasteiger partial charge in [0.05, 0.1) is 25.8 Å². The normalized spacial score (nSPS) is 14.2. The maximum Gasteiger partial charge on any atom is 0.412 e. The Bertz CT molecular complexity index is 1330. The number of amides is 1. The van der Waals surface area contributed by atoms with Crippen molar-refractivity contribution >= 4 is 28.6 Å². The Morgan fingerprint density at radius 3 is 2.69 bits per heavy atom. The first-order valence-corrected chi connectivity index (χ1v) is 11.6. The average molecular weight is 473 g/mol. The summed E-state index contributed by atoms with van der Waals surface area (Å²) in [5, 5.41) is 10.8. The van der Waals surface area contributed by atoms with E-state index in [4.69, 9.17) is 10.5 Å². The van der Waals surface area contributed by atoms with Crippen LogP contribution in [-0.2, 0) is 15.9 Å². The number of hydrogen-bond donors (Lipinski definition) is 3. The summed E-state index contributed by atoms with van der Waals surface area (Å²) in [6.45, 7) is 4.65. The van der Waals surface area contributed by atoms with Gasteiger partial charge in [-0.05, 0) is 52.9 Å². The van der Waals surface area contributed by atoms with Gasteiger partial charge in [0.25, 0.3) is 0 Å². The highest BCUT2D eigenvalue weighted by atomic mass is 16.5. The van der Waals surface area contributed by atoms with Crippen molar-refractivity contribution in [1.29, 1.82) is 0 Å². The molecule has 1 saturated heterocycles. The molecule has 2 aromatic heterocycles. The topological polar surface area (TPSA) is 118 Å². The third kappa shape index (κ3) is 5.11. The number of morpholine rings is 1. The minimum absolute atomic E-state index is 0.404. The lowest BCUT2D eigenvalue weighted by Crippen LogP contribution is -2.37. The summed E-state index contributed by atoms with van der Waals surface area (Å²) in [5.74, 6) is 0.841. The molecule has 0 radical (unpaired) electrons. The van der Waals surface area contributed by atoms with Crippen molar-refractivity contribution in [2.45, 2.75) is 6.42 Å². The number of nitrogens with zero attached hydrogens (tertiary/aromatic N) is 3. The van der Waals surface area contributed by atoms with E-state index < -0.39 is 6.09 Å². The quantitative estimate of drug-likeness (QED) is 0.389. The molecular formula is C26H28N6O3. The van der Waals surface area contributed by atoms with Crippen molar-refractivity contribution in [1.82, 2.24) is 20.1 Å². The van der Waals surface area contributed by atoms with Crippen LogP contribution in [0.5, 0.6) is 0 Å². The second-order valence-electron chi connectivity index (χ2n) is 8.50. The van der Waals surface area contributed by atoms with Gasteiger partial charge in [-0.15, -0.1) is 0 Å². The molecule has 0 spiro atoms. The standard InChI is InChI=1S/C26H28N6O3/c1-34-26(33)29-23-16-19(6-8-28-23)20-14-21(24-22(15-20)25(27)31-30-24)18-4-2-17(3-5-18)7-9-32-10-12-35-13-11-32/h2-6,8,14-16H,7,9-13H2,1H3,(H3,27,30,31)(H,28,29,33). The fourth-order valence-electron chi connectivity index (χ4n) is 4.33. The number of nitrogens with one attached hydrogen (secondary N) is 2. The highest BCUT2D eigenvalue weighted by Crippen LogP contribution is 2.35. The van der Waals surface area contributed by atoms with E-state index in [1.807, 2.05) is 12.1 Å². The van der Waals surface area contributed by atoms with Crippen LogP contribution >= 0.6 is 0 Å². The molecule has 180 valence electrons. The summed E-state index contributed by atoms with van der Waals surface area (Å²) in [6.07, 6.45) is 2.07. The Labute approximate surface area is 203 Å². The van der Waals surface area contributed by atoms with Crippen LogP contribution in [0.4, 0.5) is 16.4 Å². The Balaban J connectivity index is 1.44. The number of hydrogen-bond acceptors (Lipinski definition) is 7. The van der Waals surface area contributed by atoms with Gasteiger partial charge in [-0.2, -0.15) is 5.10 Å². The number of ether oxygens (including phenoxy) is 2. The summed E-state index contributed by atoms with van der Waals surface area (Å²) >= 11 is 0. The zero-order valence-corrected chi connectivity index (χ0v) is 19.6. The van der Waals surface area contributed by atoms with Crippen molar-refractivity contribution in [3.63, 3.8) is 0 Å². The van der Waals surface area contributed by atoms with Crippen molar-refractivity contribution in [2.75, 3.05) is 51.0 Å². The van der Waals surface area contributed by atoms with Gasteiger partial charge in [0.2, 0.25) is 0 Å². The van der Waals surface area contributed by atoms with Crippen LogP contribution in [-0.4, -0.2) is 66.1 Å². The van der Waals surface area contributed by atoms with E-state index in [-0.39, 0.29) is 0 Å². The number of aromatic nitrogens is 3. The molecule has 2 aromatic carbocycles. The molecule has 0 atom stereocenters. The minimum atomic E-state index is -0.571. The Hall–Kier alpha value is -3.95. The lowest BCUT2D eigenvalue weighted by atomic mass is 9.95. The van der Waals surface area contributed by atoms with Crippen molar-refractivity contribution < 1.29 is 14.3 Å². The number of carbonyl (C=O) groups excluding carboxylic acids is 1. The number of nitrogen functional groups attached to an aromatic ring is 1. The van der Waals surface area contributed by atoms with Crippen LogP contribution in [0, 0.1) is 0 Å². The molecule has 5 rings (SSSR count). The number of nitrogens with two attached hydrogens (primary N) is 1. The number of anilines is 2. The SMILES string of the molecule is COC(=O)Nc1cc(-c2cc(-c3ccc(CCN4CCOCC4)cc3)c3[nH]nc(N)c3c2)ccn1. The summed E-state index contributed by atoms with van der Waals surface area (Å²) in [6, 6.07) is 16.4. The number of carbonyl (C=O) groups is 1. The first-order valence-electron chi connectivity index (χ1n) is 11.6. The molecule has 1 amide bonds. The fourth-order valence-corrected chi connectivity index (χ4v) is 4.33. The molecular weight excluding hydrogens is 444 g/mol. The molecule has 35 heavy (non-hydrogen) atoms. The van der Waals surface area contributed by atoms with Gasteiger partial charge in [0.15, 0.2) is 5.82 Å². The second-order valence-corrected chi connectivity index (χ2v) is 8.50.